The standard InChI is InChI=1S/C34H24O4S/c1-3-30(35)37-27-14-9-15-28(38-31(36)4-2)26(27)18-16-23-20-22-11-6-8-13-25(22)33-32-24-12-7-5-10-21(24)17-19-29(32)39-34(23)33/h3-15,17,19-20H,1-2,16,18H2. The maximum Gasteiger partial charge on any atom is 0.335 e. The lowest BCUT2D eigenvalue weighted by Gasteiger charge is -2.14. The maximum atomic E-state index is 12.1. The van der Waals surface area contributed by atoms with Crippen LogP contribution in [0.25, 0.3) is 41.7 Å². The number of carbonyl (C=O) groups is 2. The summed E-state index contributed by atoms with van der Waals surface area (Å²) in [5.74, 6) is -0.469. The molecule has 4 nitrogen and oxygen atoms in total. The molecule has 6 aromatic rings. The lowest BCUT2D eigenvalue weighted by Crippen LogP contribution is -2.10. The van der Waals surface area contributed by atoms with Crippen LogP contribution in [-0.2, 0) is 22.4 Å². The molecule has 190 valence electrons. The average molecular weight is 529 g/mol. The molecular formula is C34H24O4S. The Morgan fingerprint density at radius 3 is 1.97 bits per heavy atom. The van der Waals surface area contributed by atoms with Crippen molar-refractivity contribution in [1.82, 2.24) is 0 Å². The predicted octanol–water partition coefficient (Wildman–Crippen LogP) is 8.33. The highest BCUT2D eigenvalue weighted by Crippen LogP contribution is 2.44. The zero-order valence-electron chi connectivity index (χ0n) is 21.1. The van der Waals surface area contributed by atoms with Gasteiger partial charge in [0.25, 0.3) is 0 Å². The number of hydrogen-bond donors (Lipinski definition) is 0. The number of hydrogen-bond acceptors (Lipinski definition) is 5. The summed E-state index contributed by atoms with van der Waals surface area (Å²) >= 11 is 1.79. The van der Waals surface area contributed by atoms with Gasteiger partial charge in [-0.15, -0.1) is 11.3 Å². The molecule has 39 heavy (non-hydrogen) atoms. The fourth-order valence-electron chi connectivity index (χ4n) is 5.18. The first-order valence-electron chi connectivity index (χ1n) is 12.6. The van der Waals surface area contributed by atoms with E-state index in [4.69, 9.17) is 9.47 Å². The van der Waals surface area contributed by atoms with Crippen molar-refractivity contribution in [3.05, 3.63) is 121 Å². The van der Waals surface area contributed by atoms with Gasteiger partial charge < -0.3 is 9.47 Å². The van der Waals surface area contributed by atoms with E-state index in [-0.39, 0.29) is 0 Å². The van der Waals surface area contributed by atoms with Gasteiger partial charge in [0, 0.05) is 37.9 Å². The fourth-order valence-corrected chi connectivity index (χ4v) is 6.46. The van der Waals surface area contributed by atoms with E-state index in [0.717, 1.165) is 17.5 Å². The highest BCUT2D eigenvalue weighted by Gasteiger charge is 2.19. The van der Waals surface area contributed by atoms with Crippen LogP contribution in [0.3, 0.4) is 0 Å². The largest absolute Gasteiger partial charge is 0.423 e. The highest BCUT2D eigenvalue weighted by atomic mass is 32.1. The summed E-state index contributed by atoms with van der Waals surface area (Å²) in [6.45, 7) is 7.00. The molecule has 1 heterocycles. The second-order valence-corrected chi connectivity index (χ2v) is 10.3. The Morgan fingerprint density at radius 2 is 1.31 bits per heavy atom. The van der Waals surface area contributed by atoms with E-state index in [9.17, 15) is 9.59 Å². The molecule has 6 rings (SSSR count). The van der Waals surface area contributed by atoms with E-state index in [1.54, 1.807) is 29.5 Å². The van der Waals surface area contributed by atoms with E-state index in [0.29, 0.717) is 29.9 Å². The van der Waals surface area contributed by atoms with Crippen molar-refractivity contribution < 1.29 is 19.1 Å². The Balaban J connectivity index is 1.52. The molecule has 0 aliphatic rings. The molecule has 5 aromatic carbocycles. The molecule has 0 amide bonds. The van der Waals surface area contributed by atoms with Gasteiger partial charge in [0.05, 0.1) is 0 Å². The van der Waals surface area contributed by atoms with Crippen LogP contribution >= 0.6 is 11.3 Å². The number of thiophene rings is 1. The Hall–Kier alpha value is -4.74. The number of ether oxygens (including phenoxy) is 2. The van der Waals surface area contributed by atoms with E-state index in [1.807, 2.05) is 0 Å². The third-order valence-electron chi connectivity index (χ3n) is 6.92. The van der Waals surface area contributed by atoms with Crippen LogP contribution in [0.4, 0.5) is 0 Å². The maximum absolute atomic E-state index is 12.1. The Kier molecular flexibility index (Phi) is 6.43. The quantitative estimate of drug-likeness (QED) is 0.119. The molecule has 0 radical (unpaired) electrons. The van der Waals surface area contributed by atoms with Crippen molar-refractivity contribution in [2.24, 2.45) is 0 Å². The number of aryl methyl sites for hydroxylation is 1. The monoisotopic (exact) mass is 528 g/mol. The first-order chi connectivity index (χ1) is 19.1. The van der Waals surface area contributed by atoms with Crippen molar-refractivity contribution in [2.75, 3.05) is 0 Å². The molecule has 0 fully saturated rings. The predicted molar refractivity (Wildman–Crippen MR) is 160 cm³/mol. The Bertz CT molecular complexity index is 1910. The molecule has 0 saturated carbocycles. The van der Waals surface area contributed by atoms with E-state index < -0.39 is 11.9 Å². The molecule has 0 aliphatic carbocycles. The van der Waals surface area contributed by atoms with Crippen molar-refractivity contribution in [2.45, 2.75) is 12.8 Å². The number of carbonyl (C=O) groups excluding carboxylic acids is 2. The van der Waals surface area contributed by atoms with Crippen molar-refractivity contribution in [3.8, 4) is 11.5 Å². The van der Waals surface area contributed by atoms with Crippen LogP contribution < -0.4 is 9.47 Å². The van der Waals surface area contributed by atoms with Crippen LogP contribution in [0.1, 0.15) is 11.1 Å². The summed E-state index contributed by atoms with van der Waals surface area (Å²) in [6, 6.07) is 28.7. The smallest absolute Gasteiger partial charge is 0.335 e. The molecule has 0 unspecified atom stereocenters. The molecule has 0 saturated heterocycles. The van der Waals surface area contributed by atoms with Gasteiger partial charge >= 0.3 is 11.9 Å². The van der Waals surface area contributed by atoms with Crippen LogP contribution in [0.5, 0.6) is 11.5 Å². The molecule has 0 aliphatic heterocycles. The van der Waals surface area contributed by atoms with Gasteiger partial charge in [0.2, 0.25) is 0 Å². The fraction of sp³-hybridized carbons (Fsp3) is 0.0588. The number of rotatable bonds is 7. The summed E-state index contributed by atoms with van der Waals surface area (Å²) in [5, 5.41) is 7.36. The number of benzene rings is 5. The molecule has 5 heteroatoms. The van der Waals surface area contributed by atoms with Gasteiger partial charge in [0.15, 0.2) is 0 Å². The topological polar surface area (TPSA) is 52.6 Å². The van der Waals surface area contributed by atoms with Crippen LogP contribution in [0, 0.1) is 0 Å². The minimum Gasteiger partial charge on any atom is -0.423 e. The van der Waals surface area contributed by atoms with Crippen LogP contribution in [0.15, 0.2) is 110 Å². The van der Waals surface area contributed by atoms with Gasteiger partial charge in [0.1, 0.15) is 11.5 Å². The van der Waals surface area contributed by atoms with Gasteiger partial charge in [-0.1, -0.05) is 73.8 Å². The molecule has 0 bridgehead atoms. The van der Waals surface area contributed by atoms with Gasteiger partial charge in [-0.2, -0.15) is 0 Å². The number of esters is 2. The molecule has 0 atom stereocenters. The average Bonchev–Trinajstić information content (AvgIpc) is 3.37. The van der Waals surface area contributed by atoms with Gasteiger partial charge in [-0.3, -0.25) is 0 Å². The lowest BCUT2D eigenvalue weighted by atomic mass is 9.95. The third-order valence-corrected chi connectivity index (χ3v) is 8.15. The van der Waals surface area contributed by atoms with Gasteiger partial charge in [-0.25, -0.2) is 9.59 Å². The molecule has 0 spiro atoms. The first kappa shape index (κ1) is 24.6. The van der Waals surface area contributed by atoms with Crippen molar-refractivity contribution >= 4 is 65.0 Å². The van der Waals surface area contributed by atoms with Gasteiger partial charge in [-0.05, 0) is 64.2 Å². The summed E-state index contributed by atoms with van der Waals surface area (Å²) in [4.78, 5) is 24.1. The SMILES string of the molecule is C=CC(=O)Oc1cccc(OC(=O)C=C)c1CCc1cc2ccccc2c2c1sc1ccc3ccccc3c12. The van der Waals surface area contributed by atoms with Crippen LogP contribution in [-0.4, -0.2) is 11.9 Å². The summed E-state index contributed by atoms with van der Waals surface area (Å²) in [7, 11) is 0. The Labute approximate surface area is 229 Å². The summed E-state index contributed by atoms with van der Waals surface area (Å²) in [5.41, 5.74) is 1.82. The first-order valence-corrected chi connectivity index (χ1v) is 13.4. The number of fused-ring (bicyclic) bond motifs is 7. The minimum absolute atomic E-state index is 0.341. The Morgan fingerprint density at radius 1 is 0.692 bits per heavy atom. The summed E-state index contributed by atoms with van der Waals surface area (Å²) in [6.07, 6.45) is 3.36. The van der Waals surface area contributed by atoms with E-state index in [2.05, 4.69) is 79.9 Å². The lowest BCUT2D eigenvalue weighted by molar-refractivity contribution is -0.129. The van der Waals surface area contributed by atoms with E-state index >= 15 is 0 Å². The third kappa shape index (κ3) is 4.47. The second kappa shape index (κ2) is 10.2. The molecule has 1 aromatic heterocycles. The van der Waals surface area contributed by atoms with Crippen molar-refractivity contribution in [1.29, 1.82) is 0 Å². The zero-order chi connectivity index (χ0) is 26.9. The summed E-state index contributed by atoms with van der Waals surface area (Å²) < 4.78 is 13.5. The normalized spacial score (nSPS) is 11.2. The zero-order valence-corrected chi connectivity index (χ0v) is 21.9. The minimum atomic E-state index is -0.576. The van der Waals surface area contributed by atoms with Crippen LogP contribution in [0.2, 0.25) is 0 Å². The molecule has 0 N–H and O–H groups in total. The van der Waals surface area contributed by atoms with E-state index in [1.165, 1.54) is 41.9 Å². The molecular weight excluding hydrogens is 504 g/mol. The second-order valence-electron chi connectivity index (χ2n) is 9.21. The highest BCUT2D eigenvalue weighted by molar-refractivity contribution is 7.26. The van der Waals surface area contributed by atoms with Crippen molar-refractivity contribution in [3.63, 3.8) is 0 Å².